The molecule has 0 saturated heterocycles. The van der Waals surface area contributed by atoms with Crippen molar-refractivity contribution >= 4 is 0 Å². The van der Waals surface area contributed by atoms with E-state index in [1.165, 1.54) is 12.8 Å². The van der Waals surface area contributed by atoms with E-state index in [4.69, 9.17) is 0 Å². The van der Waals surface area contributed by atoms with Gasteiger partial charge in [0.05, 0.1) is 0 Å². The molecule has 0 aliphatic heterocycles. The van der Waals surface area contributed by atoms with Crippen molar-refractivity contribution in [3.05, 3.63) is 12.8 Å². The van der Waals surface area contributed by atoms with Gasteiger partial charge in [-0.25, -0.2) is 0 Å². The smallest absolute Gasteiger partial charge is 0.168 e. The molecule has 4 heavy (non-hydrogen) atoms. The SMILES string of the molecule is [CH+]1C[CH+]C1. The zero-order chi connectivity index (χ0) is 2.83. The van der Waals surface area contributed by atoms with Crippen LogP contribution in [0.3, 0.4) is 0 Å². The Bertz CT molecular complexity index is 8.00. The molecule has 0 aromatic heterocycles. The predicted molar refractivity (Wildman–Crippen MR) is 17.8 cm³/mol. The van der Waals surface area contributed by atoms with Crippen molar-refractivity contribution in [1.82, 2.24) is 0 Å². The fourth-order valence-electron chi connectivity index (χ4n) is 0.167. The minimum absolute atomic E-state index is 1.25. The van der Waals surface area contributed by atoms with Gasteiger partial charge in [-0.3, -0.25) is 0 Å². The van der Waals surface area contributed by atoms with Gasteiger partial charge in [0.15, 0.2) is 12.8 Å². The summed E-state index contributed by atoms with van der Waals surface area (Å²) in [6, 6.07) is 0. The molecule has 1 rings (SSSR count). The van der Waals surface area contributed by atoms with E-state index in [1.54, 1.807) is 0 Å². The van der Waals surface area contributed by atoms with Gasteiger partial charge in [0.1, 0.15) is 0 Å². The minimum Gasteiger partial charge on any atom is 0.168 e. The van der Waals surface area contributed by atoms with Gasteiger partial charge >= 0.3 is 0 Å². The molecule has 0 heteroatoms. The highest BCUT2D eigenvalue weighted by molar-refractivity contribution is 4.91. The predicted octanol–water partition coefficient (Wildman–Crippen LogP) is 1.19. The molecule has 1 saturated carbocycles. The van der Waals surface area contributed by atoms with Gasteiger partial charge in [0, 0.05) is 0 Å². The summed E-state index contributed by atoms with van der Waals surface area (Å²) in [6.45, 7) is 0. The van der Waals surface area contributed by atoms with Crippen molar-refractivity contribution < 1.29 is 0 Å². The highest BCUT2D eigenvalue weighted by Crippen LogP contribution is 2.11. The Morgan fingerprint density at radius 1 is 1.00 bits per heavy atom. The first kappa shape index (κ1) is 2.01. The summed E-state index contributed by atoms with van der Waals surface area (Å²) in [4.78, 5) is 0. The van der Waals surface area contributed by atoms with Crippen molar-refractivity contribution in [3.8, 4) is 0 Å². The molecular formula is C4H6+2. The first-order valence-corrected chi connectivity index (χ1v) is 1.63. The zero-order valence-electron chi connectivity index (χ0n) is 2.57. The Labute approximate surface area is 26.8 Å². The maximum atomic E-state index is 2.25. The molecule has 20 valence electrons. The Morgan fingerprint density at radius 3 is 1.25 bits per heavy atom. The first-order chi connectivity index (χ1) is 2.00. The molecule has 0 unspecified atom stereocenters. The quantitative estimate of drug-likeness (QED) is 0.364. The lowest BCUT2D eigenvalue weighted by Crippen LogP contribution is -1.89. The van der Waals surface area contributed by atoms with Gasteiger partial charge in [-0.2, -0.15) is 0 Å². The molecule has 1 fully saturated rings. The summed E-state index contributed by atoms with van der Waals surface area (Å²) in [5, 5.41) is 0. The molecule has 0 atom stereocenters. The molecule has 0 spiro atoms. The second kappa shape index (κ2) is 0.593. The van der Waals surface area contributed by atoms with E-state index in [1.807, 2.05) is 0 Å². The van der Waals surface area contributed by atoms with Crippen LogP contribution in [0.2, 0.25) is 0 Å². The molecule has 1 aliphatic rings. The Hall–Kier alpha value is -0.260. The molecular weight excluding hydrogens is 48.0 g/mol. The molecule has 0 nitrogen and oxygen atoms in total. The van der Waals surface area contributed by atoms with Gasteiger partial charge in [-0.15, -0.1) is 0 Å². The van der Waals surface area contributed by atoms with E-state index in [0.717, 1.165) is 0 Å². The maximum absolute atomic E-state index is 2.25. The summed E-state index contributed by atoms with van der Waals surface area (Å²) in [5.41, 5.74) is 0. The summed E-state index contributed by atoms with van der Waals surface area (Å²) >= 11 is 0. The average Bonchev–Trinajstić information content (AvgIpc) is 0.722. The van der Waals surface area contributed by atoms with Crippen LogP contribution in [-0.2, 0) is 0 Å². The van der Waals surface area contributed by atoms with Crippen LogP contribution in [0.4, 0.5) is 0 Å². The maximum Gasteiger partial charge on any atom is 0.227 e. The number of hydrogen-bond acceptors (Lipinski definition) is 0. The van der Waals surface area contributed by atoms with E-state index < -0.39 is 0 Å². The van der Waals surface area contributed by atoms with Gasteiger partial charge < -0.3 is 0 Å². The lowest BCUT2D eigenvalue weighted by atomic mass is 10.0. The monoisotopic (exact) mass is 54.0 g/mol. The third-order valence-electron chi connectivity index (χ3n) is 0.667. The summed E-state index contributed by atoms with van der Waals surface area (Å²) in [5.74, 6) is 0. The molecule has 0 heterocycles. The lowest BCUT2D eigenvalue weighted by Gasteiger charge is -1.80. The summed E-state index contributed by atoms with van der Waals surface area (Å²) < 4.78 is 0. The number of rotatable bonds is 0. The van der Waals surface area contributed by atoms with Crippen molar-refractivity contribution in [2.45, 2.75) is 12.8 Å². The first-order valence-electron chi connectivity index (χ1n) is 1.63. The second-order valence-electron chi connectivity index (χ2n) is 1.05. The zero-order valence-corrected chi connectivity index (χ0v) is 2.57. The Morgan fingerprint density at radius 2 is 1.25 bits per heavy atom. The van der Waals surface area contributed by atoms with Crippen LogP contribution in [0.25, 0.3) is 0 Å². The van der Waals surface area contributed by atoms with Crippen LogP contribution in [-0.4, -0.2) is 0 Å². The fraction of sp³-hybridized carbons (Fsp3) is 0.500. The Kier molecular flexibility index (Phi) is 0.298. The molecule has 0 aromatic rings. The molecule has 0 bridgehead atoms. The van der Waals surface area contributed by atoms with E-state index in [2.05, 4.69) is 12.8 Å². The van der Waals surface area contributed by atoms with Crippen LogP contribution in [0.5, 0.6) is 0 Å². The highest BCUT2D eigenvalue weighted by Gasteiger charge is 2.20. The van der Waals surface area contributed by atoms with Crippen LogP contribution < -0.4 is 0 Å². The van der Waals surface area contributed by atoms with Crippen LogP contribution in [0, 0.1) is 12.8 Å². The average molecular weight is 54.1 g/mol. The van der Waals surface area contributed by atoms with E-state index in [-0.39, 0.29) is 0 Å². The van der Waals surface area contributed by atoms with Gasteiger partial charge in [-0.05, 0) is 0 Å². The van der Waals surface area contributed by atoms with E-state index in [9.17, 15) is 0 Å². The standard InChI is InChI=1S/C4H6/c1-2-4-3-1/h1,4H,2-3H2/q+2. The third kappa shape index (κ3) is 0.0681. The highest BCUT2D eigenvalue weighted by atomic mass is 14.0. The topological polar surface area (TPSA) is 0 Å². The van der Waals surface area contributed by atoms with Gasteiger partial charge in [0.2, 0.25) is 12.8 Å². The van der Waals surface area contributed by atoms with Crippen LogP contribution in [0.1, 0.15) is 12.8 Å². The van der Waals surface area contributed by atoms with E-state index >= 15 is 0 Å². The third-order valence-corrected chi connectivity index (χ3v) is 0.667. The fourth-order valence-corrected chi connectivity index (χ4v) is 0.167. The molecule has 0 N–H and O–H groups in total. The van der Waals surface area contributed by atoms with Crippen molar-refractivity contribution in [2.75, 3.05) is 0 Å². The molecule has 1 aliphatic carbocycles. The van der Waals surface area contributed by atoms with Crippen molar-refractivity contribution in [2.24, 2.45) is 0 Å². The largest absolute Gasteiger partial charge is 0.227 e. The van der Waals surface area contributed by atoms with Crippen molar-refractivity contribution in [3.63, 3.8) is 0 Å². The minimum atomic E-state index is 1.25. The second-order valence-corrected chi connectivity index (χ2v) is 1.05. The number of hydrogen-bond donors (Lipinski definition) is 0. The lowest BCUT2D eigenvalue weighted by molar-refractivity contribution is 0.840. The van der Waals surface area contributed by atoms with Crippen LogP contribution in [0.15, 0.2) is 0 Å². The Balaban J connectivity index is 2.00. The molecule has 0 radical (unpaired) electrons. The summed E-state index contributed by atoms with van der Waals surface area (Å²) in [6.07, 6.45) is 7.00. The van der Waals surface area contributed by atoms with Gasteiger partial charge in [0.25, 0.3) is 0 Å². The van der Waals surface area contributed by atoms with Gasteiger partial charge in [-0.1, -0.05) is 0 Å². The normalized spacial score (nSPS) is 20.0. The molecule has 0 amide bonds. The van der Waals surface area contributed by atoms with E-state index in [0.29, 0.717) is 0 Å². The molecule has 0 aromatic carbocycles. The van der Waals surface area contributed by atoms with Crippen LogP contribution >= 0.6 is 0 Å². The summed E-state index contributed by atoms with van der Waals surface area (Å²) in [7, 11) is 0. The van der Waals surface area contributed by atoms with Crippen molar-refractivity contribution in [1.29, 1.82) is 0 Å².